The zero-order valence-corrected chi connectivity index (χ0v) is 20.2. The fourth-order valence-corrected chi connectivity index (χ4v) is 4.52. The summed E-state index contributed by atoms with van der Waals surface area (Å²) < 4.78 is 11.6. The number of nitro benzene ring substituents is 1. The number of ether oxygens (including phenoxy) is 2. The van der Waals surface area contributed by atoms with Crippen molar-refractivity contribution in [3.8, 4) is 11.5 Å². The summed E-state index contributed by atoms with van der Waals surface area (Å²) in [6.07, 6.45) is 3.85. The number of methoxy groups -OCH3 is 1. The standard InChI is InChI=1S/C27H22N2O6S/c1-3-7-20-14-19(16-24-26(30)28(27(31)36-24)21-8-5-4-6-9-21)15-23(34-2)25(20)35-17-18-10-12-22(13-11-18)29(32)33/h3-6,8-16H,1,7,17H2,2H3/b24-16-. The molecule has 0 spiro atoms. The van der Waals surface area contributed by atoms with E-state index < -0.39 is 4.92 Å². The van der Waals surface area contributed by atoms with E-state index in [2.05, 4.69) is 6.58 Å². The molecule has 0 saturated carbocycles. The molecular formula is C27H22N2O6S. The fraction of sp³-hybridized carbons (Fsp3) is 0.111. The number of para-hydroxylation sites is 1. The topological polar surface area (TPSA) is 99.0 Å². The van der Waals surface area contributed by atoms with Crippen LogP contribution in [0.3, 0.4) is 0 Å². The number of carbonyl (C=O) groups excluding carboxylic acids is 2. The zero-order valence-electron chi connectivity index (χ0n) is 19.4. The molecule has 3 aromatic rings. The molecule has 1 fully saturated rings. The Morgan fingerprint density at radius 2 is 1.81 bits per heavy atom. The number of rotatable bonds is 9. The number of hydrogen-bond donors (Lipinski definition) is 0. The Labute approximate surface area is 212 Å². The van der Waals surface area contributed by atoms with Gasteiger partial charge >= 0.3 is 0 Å². The van der Waals surface area contributed by atoms with E-state index in [0.29, 0.717) is 34.1 Å². The van der Waals surface area contributed by atoms with Crippen LogP contribution in [0.1, 0.15) is 16.7 Å². The fourth-order valence-electron chi connectivity index (χ4n) is 3.68. The number of nitro groups is 1. The molecule has 3 aromatic carbocycles. The second kappa shape index (κ2) is 10.9. The summed E-state index contributed by atoms with van der Waals surface area (Å²) >= 11 is 0.877. The monoisotopic (exact) mass is 502 g/mol. The molecule has 0 radical (unpaired) electrons. The van der Waals surface area contributed by atoms with Gasteiger partial charge in [0.1, 0.15) is 6.61 Å². The van der Waals surface area contributed by atoms with E-state index >= 15 is 0 Å². The van der Waals surface area contributed by atoms with Crippen molar-refractivity contribution in [1.82, 2.24) is 0 Å². The highest BCUT2D eigenvalue weighted by Gasteiger charge is 2.36. The van der Waals surface area contributed by atoms with Crippen LogP contribution in [0.25, 0.3) is 6.08 Å². The number of nitrogens with zero attached hydrogens (tertiary/aromatic N) is 2. The van der Waals surface area contributed by atoms with Gasteiger partial charge < -0.3 is 9.47 Å². The molecule has 36 heavy (non-hydrogen) atoms. The van der Waals surface area contributed by atoms with Crippen LogP contribution < -0.4 is 14.4 Å². The largest absolute Gasteiger partial charge is 0.493 e. The van der Waals surface area contributed by atoms with Gasteiger partial charge in [-0.3, -0.25) is 19.7 Å². The average molecular weight is 503 g/mol. The number of imide groups is 1. The summed E-state index contributed by atoms with van der Waals surface area (Å²) in [7, 11) is 1.51. The molecule has 182 valence electrons. The summed E-state index contributed by atoms with van der Waals surface area (Å²) in [5.74, 6) is 0.564. The minimum Gasteiger partial charge on any atom is -0.493 e. The summed E-state index contributed by atoms with van der Waals surface area (Å²) in [6.45, 7) is 3.98. The van der Waals surface area contributed by atoms with Crippen molar-refractivity contribution < 1.29 is 24.0 Å². The summed E-state index contributed by atoms with van der Waals surface area (Å²) in [6, 6.07) is 18.5. The van der Waals surface area contributed by atoms with Crippen LogP contribution >= 0.6 is 11.8 Å². The van der Waals surface area contributed by atoms with Gasteiger partial charge in [0.15, 0.2) is 11.5 Å². The lowest BCUT2D eigenvalue weighted by Gasteiger charge is -2.16. The van der Waals surface area contributed by atoms with Gasteiger partial charge in [-0.15, -0.1) is 6.58 Å². The number of anilines is 1. The van der Waals surface area contributed by atoms with Crippen LogP contribution in [0, 0.1) is 10.1 Å². The zero-order chi connectivity index (χ0) is 25.7. The Bertz CT molecular complexity index is 1350. The van der Waals surface area contributed by atoms with Crippen LogP contribution in [0.15, 0.2) is 84.3 Å². The van der Waals surface area contributed by atoms with E-state index in [1.807, 2.05) is 12.1 Å². The lowest BCUT2D eigenvalue weighted by Crippen LogP contribution is -2.27. The molecule has 4 rings (SSSR count). The molecule has 2 amide bonds. The Balaban J connectivity index is 1.61. The highest BCUT2D eigenvalue weighted by molar-refractivity contribution is 8.19. The molecule has 1 aliphatic rings. The Morgan fingerprint density at radius 3 is 2.44 bits per heavy atom. The minimum atomic E-state index is -0.455. The average Bonchev–Trinajstić information content (AvgIpc) is 3.16. The van der Waals surface area contributed by atoms with Crippen LogP contribution in [0.2, 0.25) is 0 Å². The molecule has 0 atom stereocenters. The SMILES string of the molecule is C=CCc1cc(/C=C2\SC(=O)N(c3ccccc3)C2=O)cc(OC)c1OCc1ccc([N+](=O)[O-])cc1. The summed E-state index contributed by atoms with van der Waals surface area (Å²) in [4.78, 5) is 37.4. The van der Waals surface area contributed by atoms with Crippen molar-refractivity contribution in [3.05, 3.63) is 111 Å². The van der Waals surface area contributed by atoms with Gasteiger partial charge in [-0.2, -0.15) is 0 Å². The van der Waals surface area contributed by atoms with Crippen molar-refractivity contribution in [2.75, 3.05) is 12.0 Å². The molecule has 1 heterocycles. The van der Waals surface area contributed by atoms with Gasteiger partial charge in [-0.05, 0) is 71.8 Å². The maximum atomic E-state index is 13.0. The van der Waals surface area contributed by atoms with Gasteiger partial charge in [0.2, 0.25) is 0 Å². The van der Waals surface area contributed by atoms with Crippen molar-refractivity contribution in [2.45, 2.75) is 13.0 Å². The molecule has 0 aliphatic carbocycles. The van der Waals surface area contributed by atoms with Gasteiger partial charge in [0, 0.05) is 17.7 Å². The Hall–Kier alpha value is -4.37. The van der Waals surface area contributed by atoms with Gasteiger partial charge in [0.05, 0.1) is 22.6 Å². The molecule has 1 saturated heterocycles. The van der Waals surface area contributed by atoms with Gasteiger partial charge in [-0.25, -0.2) is 4.90 Å². The van der Waals surface area contributed by atoms with Crippen molar-refractivity contribution in [2.24, 2.45) is 0 Å². The number of hydrogen-bond acceptors (Lipinski definition) is 7. The van der Waals surface area contributed by atoms with Crippen molar-refractivity contribution in [3.63, 3.8) is 0 Å². The van der Waals surface area contributed by atoms with E-state index in [1.165, 1.54) is 19.2 Å². The molecule has 8 nitrogen and oxygen atoms in total. The van der Waals surface area contributed by atoms with E-state index in [4.69, 9.17) is 9.47 Å². The molecule has 0 N–H and O–H groups in total. The maximum Gasteiger partial charge on any atom is 0.298 e. The van der Waals surface area contributed by atoms with E-state index in [1.54, 1.807) is 54.6 Å². The first-order valence-corrected chi connectivity index (χ1v) is 11.7. The van der Waals surface area contributed by atoms with E-state index in [0.717, 1.165) is 27.8 Å². The molecule has 1 aliphatic heterocycles. The molecule has 0 bridgehead atoms. The number of benzene rings is 3. The summed E-state index contributed by atoms with van der Waals surface area (Å²) in [5, 5.41) is 10.5. The maximum absolute atomic E-state index is 13.0. The number of allylic oxidation sites excluding steroid dienone is 1. The third kappa shape index (κ3) is 5.31. The van der Waals surface area contributed by atoms with Crippen LogP contribution in [-0.4, -0.2) is 23.2 Å². The normalized spacial score (nSPS) is 14.2. The quantitative estimate of drug-likeness (QED) is 0.150. The van der Waals surface area contributed by atoms with Crippen molar-refractivity contribution in [1.29, 1.82) is 0 Å². The predicted molar refractivity (Wildman–Crippen MR) is 139 cm³/mol. The third-order valence-electron chi connectivity index (χ3n) is 5.37. The highest BCUT2D eigenvalue weighted by Crippen LogP contribution is 2.38. The first kappa shape index (κ1) is 24.7. The van der Waals surface area contributed by atoms with Crippen LogP contribution in [-0.2, 0) is 17.8 Å². The Morgan fingerprint density at radius 1 is 1.08 bits per heavy atom. The first-order chi connectivity index (χ1) is 17.4. The van der Waals surface area contributed by atoms with Gasteiger partial charge in [0.25, 0.3) is 16.8 Å². The second-order valence-electron chi connectivity index (χ2n) is 7.77. The number of amides is 2. The second-order valence-corrected chi connectivity index (χ2v) is 8.76. The van der Waals surface area contributed by atoms with Crippen molar-refractivity contribution >= 4 is 40.4 Å². The van der Waals surface area contributed by atoms with Crippen LogP contribution in [0.5, 0.6) is 11.5 Å². The molecule has 0 aromatic heterocycles. The van der Waals surface area contributed by atoms with E-state index in [9.17, 15) is 19.7 Å². The Kier molecular flexibility index (Phi) is 7.50. The van der Waals surface area contributed by atoms with E-state index in [-0.39, 0.29) is 23.4 Å². The van der Waals surface area contributed by atoms with Gasteiger partial charge in [-0.1, -0.05) is 24.3 Å². The number of thioether (sulfide) groups is 1. The predicted octanol–water partition coefficient (Wildman–Crippen LogP) is 6.15. The smallest absolute Gasteiger partial charge is 0.298 e. The number of carbonyl (C=O) groups is 2. The molecular weight excluding hydrogens is 480 g/mol. The molecule has 0 unspecified atom stereocenters. The lowest BCUT2D eigenvalue weighted by molar-refractivity contribution is -0.384. The summed E-state index contributed by atoms with van der Waals surface area (Å²) in [5.41, 5.74) is 2.73. The molecule has 9 heteroatoms. The highest BCUT2D eigenvalue weighted by atomic mass is 32.2. The minimum absolute atomic E-state index is 0.00436. The van der Waals surface area contributed by atoms with Crippen LogP contribution in [0.4, 0.5) is 16.2 Å². The lowest BCUT2D eigenvalue weighted by atomic mass is 10.0. The number of non-ortho nitro benzene ring substituents is 1. The first-order valence-electron chi connectivity index (χ1n) is 10.9. The third-order valence-corrected chi connectivity index (χ3v) is 6.24.